The standard InChI is InChI=1S/C15H15F3N4O2/c16-15(17,18)9-21-5-7-22(8-6-21)14(24)12-10-3-1-2-4-11(10)13(23)20-19-12/h1-4H,5-9H2,(H,20,23). The van der Waals surface area contributed by atoms with Crippen LogP contribution in [0, 0.1) is 0 Å². The van der Waals surface area contributed by atoms with Crippen molar-refractivity contribution in [2.45, 2.75) is 6.18 Å². The van der Waals surface area contributed by atoms with Crippen molar-refractivity contribution in [1.82, 2.24) is 20.0 Å². The van der Waals surface area contributed by atoms with Crippen molar-refractivity contribution < 1.29 is 18.0 Å². The average molecular weight is 340 g/mol. The molecule has 9 heteroatoms. The first kappa shape index (κ1) is 16.4. The summed E-state index contributed by atoms with van der Waals surface area (Å²) in [6.07, 6.45) is -4.25. The highest BCUT2D eigenvalue weighted by Gasteiger charge is 2.33. The zero-order valence-corrected chi connectivity index (χ0v) is 12.6. The molecule has 1 aliphatic heterocycles. The van der Waals surface area contributed by atoms with Crippen LogP contribution in [0.3, 0.4) is 0 Å². The van der Waals surface area contributed by atoms with E-state index in [0.717, 1.165) is 0 Å². The number of alkyl halides is 3. The highest BCUT2D eigenvalue weighted by molar-refractivity contribution is 6.04. The summed E-state index contributed by atoms with van der Waals surface area (Å²) in [4.78, 5) is 27.1. The third kappa shape index (κ3) is 3.40. The summed E-state index contributed by atoms with van der Waals surface area (Å²) in [5, 5.41) is 6.92. The van der Waals surface area contributed by atoms with Crippen LogP contribution in [0.4, 0.5) is 13.2 Å². The minimum Gasteiger partial charge on any atom is -0.335 e. The molecule has 3 rings (SSSR count). The molecule has 1 N–H and O–H groups in total. The molecule has 0 radical (unpaired) electrons. The number of benzene rings is 1. The lowest BCUT2D eigenvalue weighted by molar-refractivity contribution is -0.148. The molecule has 1 aliphatic rings. The molecule has 0 unspecified atom stereocenters. The van der Waals surface area contributed by atoms with Crippen LogP contribution in [-0.2, 0) is 0 Å². The summed E-state index contributed by atoms with van der Waals surface area (Å²) in [5.74, 6) is -0.394. The smallest absolute Gasteiger partial charge is 0.335 e. The summed E-state index contributed by atoms with van der Waals surface area (Å²) in [6.45, 7) is -0.317. The largest absolute Gasteiger partial charge is 0.401 e. The van der Waals surface area contributed by atoms with E-state index in [1.165, 1.54) is 9.80 Å². The quantitative estimate of drug-likeness (QED) is 0.893. The van der Waals surface area contributed by atoms with Crippen molar-refractivity contribution in [3.8, 4) is 0 Å². The second-order valence-corrected chi connectivity index (χ2v) is 5.63. The summed E-state index contributed by atoms with van der Waals surface area (Å²) < 4.78 is 37.2. The van der Waals surface area contributed by atoms with Crippen molar-refractivity contribution in [2.24, 2.45) is 0 Å². The third-order valence-electron chi connectivity index (χ3n) is 3.96. The maximum atomic E-state index is 12.6. The van der Waals surface area contributed by atoms with Gasteiger partial charge < -0.3 is 4.90 Å². The Kier molecular flexibility index (Phi) is 4.27. The van der Waals surface area contributed by atoms with Gasteiger partial charge in [-0.25, -0.2) is 5.10 Å². The molecular weight excluding hydrogens is 325 g/mol. The van der Waals surface area contributed by atoms with Gasteiger partial charge in [0.15, 0.2) is 5.69 Å². The van der Waals surface area contributed by atoms with E-state index in [1.807, 2.05) is 0 Å². The zero-order valence-electron chi connectivity index (χ0n) is 12.6. The number of nitrogens with one attached hydrogen (secondary N) is 1. The van der Waals surface area contributed by atoms with Gasteiger partial charge >= 0.3 is 6.18 Å². The van der Waals surface area contributed by atoms with Crippen molar-refractivity contribution in [3.05, 3.63) is 40.3 Å². The molecule has 0 atom stereocenters. The number of nitrogens with zero attached hydrogens (tertiary/aromatic N) is 3. The number of hydrogen-bond acceptors (Lipinski definition) is 4. The van der Waals surface area contributed by atoms with E-state index in [1.54, 1.807) is 24.3 Å². The summed E-state index contributed by atoms with van der Waals surface area (Å²) >= 11 is 0. The third-order valence-corrected chi connectivity index (χ3v) is 3.96. The summed E-state index contributed by atoms with van der Waals surface area (Å²) in [6, 6.07) is 6.60. The monoisotopic (exact) mass is 340 g/mol. The number of carbonyl (C=O) groups excluding carboxylic acids is 1. The number of piperazine rings is 1. The number of fused-ring (bicyclic) bond motifs is 1. The van der Waals surface area contributed by atoms with E-state index >= 15 is 0 Å². The molecule has 0 spiro atoms. The molecule has 6 nitrogen and oxygen atoms in total. The topological polar surface area (TPSA) is 69.3 Å². The Morgan fingerprint density at radius 3 is 2.38 bits per heavy atom. The van der Waals surface area contributed by atoms with Gasteiger partial charge in [-0.05, 0) is 6.07 Å². The van der Waals surface area contributed by atoms with Gasteiger partial charge in [0.05, 0.1) is 11.9 Å². The highest BCUT2D eigenvalue weighted by Crippen LogP contribution is 2.19. The molecule has 0 saturated carbocycles. The van der Waals surface area contributed by atoms with E-state index in [2.05, 4.69) is 10.2 Å². The number of aromatic nitrogens is 2. The van der Waals surface area contributed by atoms with Crippen molar-refractivity contribution in [1.29, 1.82) is 0 Å². The number of rotatable bonds is 2. The first-order valence-electron chi connectivity index (χ1n) is 7.41. The average Bonchev–Trinajstić information content (AvgIpc) is 2.54. The SMILES string of the molecule is O=C(c1n[nH]c(=O)c2ccccc12)N1CCN(CC(F)(F)F)CC1. The number of aromatic amines is 1. The summed E-state index contributed by atoms with van der Waals surface area (Å²) in [5.41, 5.74) is -0.286. The van der Waals surface area contributed by atoms with E-state index in [-0.39, 0.29) is 31.9 Å². The molecule has 1 aromatic heterocycles. The van der Waals surface area contributed by atoms with Crippen LogP contribution in [0.1, 0.15) is 10.5 Å². The number of amides is 1. The number of halogens is 3. The van der Waals surface area contributed by atoms with Crippen LogP contribution in [0.5, 0.6) is 0 Å². The van der Waals surface area contributed by atoms with Crippen molar-refractivity contribution >= 4 is 16.7 Å². The Hall–Kier alpha value is -2.42. The predicted molar refractivity (Wildman–Crippen MR) is 80.8 cm³/mol. The molecule has 0 aliphatic carbocycles. The first-order valence-corrected chi connectivity index (χ1v) is 7.41. The zero-order chi connectivity index (χ0) is 17.3. The Morgan fingerprint density at radius 1 is 1.12 bits per heavy atom. The van der Waals surface area contributed by atoms with Gasteiger partial charge in [-0.3, -0.25) is 14.5 Å². The van der Waals surface area contributed by atoms with E-state index < -0.39 is 24.2 Å². The Morgan fingerprint density at radius 2 is 1.75 bits per heavy atom. The van der Waals surface area contributed by atoms with Crippen molar-refractivity contribution in [2.75, 3.05) is 32.7 Å². The fraction of sp³-hybridized carbons (Fsp3) is 0.400. The normalized spacial score (nSPS) is 16.5. The van der Waals surface area contributed by atoms with Gasteiger partial charge in [0, 0.05) is 31.6 Å². The van der Waals surface area contributed by atoms with Gasteiger partial charge in [0.1, 0.15) is 0 Å². The van der Waals surface area contributed by atoms with Gasteiger partial charge in [-0.2, -0.15) is 18.3 Å². The Balaban J connectivity index is 1.77. The second kappa shape index (κ2) is 6.23. The van der Waals surface area contributed by atoms with Crippen LogP contribution >= 0.6 is 0 Å². The highest BCUT2D eigenvalue weighted by atomic mass is 19.4. The lowest BCUT2D eigenvalue weighted by Crippen LogP contribution is -2.51. The number of H-pyrrole nitrogens is 1. The van der Waals surface area contributed by atoms with Crippen molar-refractivity contribution in [3.63, 3.8) is 0 Å². The van der Waals surface area contributed by atoms with Crippen LogP contribution in [0.15, 0.2) is 29.1 Å². The van der Waals surface area contributed by atoms with Crippen LogP contribution in [0.2, 0.25) is 0 Å². The molecular formula is C15H15F3N4O2. The maximum absolute atomic E-state index is 12.6. The summed E-state index contributed by atoms with van der Waals surface area (Å²) in [7, 11) is 0. The number of carbonyl (C=O) groups is 1. The Bertz CT molecular complexity index is 810. The molecule has 1 fully saturated rings. The molecule has 2 heterocycles. The molecule has 1 amide bonds. The lowest BCUT2D eigenvalue weighted by atomic mass is 10.1. The predicted octanol–water partition coefficient (Wildman–Crippen LogP) is 1.24. The van der Waals surface area contributed by atoms with Crippen LogP contribution < -0.4 is 5.56 Å². The molecule has 0 bridgehead atoms. The maximum Gasteiger partial charge on any atom is 0.401 e. The molecule has 128 valence electrons. The van der Waals surface area contributed by atoms with E-state index in [0.29, 0.717) is 10.8 Å². The van der Waals surface area contributed by atoms with Crippen LogP contribution in [0.25, 0.3) is 10.8 Å². The minimum atomic E-state index is -4.25. The lowest BCUT2D eigenvalue weighted by Gasteiger charge is -2.34. The fourth-order valence-electron chi connectivity index (χ4n) is 2.79. The second-order valence-electron chi connectivity index (χ2n) is 5.63. The minimum absolute atomic E-state index is 0.106. The molecule has 2 aromatic rings. The number of hydrogen-bond donors (Lipinski definition) is 1. The van der Waals surface area contributed by atoms with Crippen LogP contribution in [-0.4, -0.2) is 64.8 Å². The fourth-order valence-corrected chi connectivity index (χ4v) is 2.79. The van der Waals surface area contributed by atoms with E-state index in [4.69, 9.17) is 0 Å². The van der Waals surface area contributed by atoms with Gasteiger partial charge in [0.2, 0.25) is 0 Å². The molecule has 1 saturated heterocycles. The van der Waals surface area contributed by atoms with Gasteiger partial charge in [-0.15, -0.1) is 0 Å². The van der Waals surface area contributed by atoms with Gasteiger partial charge in [-0.1, -0.05) is 18.2 Å². The van der Waals surface area contributed by atoms with Gasteiger partial charge in [0.25, 0.3) is 11.5 Å². The molecule has 1 aromatic carbocycles. The first-order chi connectivity index (χ1) is 11.3. The Labute approximate surface area is 134 Å². The molecule has 24 heavy (non-hydrogen) atoms. The van der Waals surface area contributed by atoms with E-state index in [9.17, 15) is 22.8 Å².